The van der Waals surface area contributed by atoms with Crippen LogP contribution < -0.4 is 5.32 Å². The van der Waals surface area contributed by atoms with Gasteiger partial charge in [0, 0.05) is 18.8 Å². The van der Waals surface area contributed by atoms with Crippen LogP contribution in [-0.2, 0) is 6.54 Å². The Morgan fingerprint density at radius 2 is 2.00 bits per heavy atom. The number of aromatic nitrogens is 5. The molecule has 0 saturated heterocycles. The second-order valence-electron chi connectivity index (χ2n) is 10.8. The minimum absolute atomic E-state index is 0.152. The summed E-state index contributed by atoms with van der Waals surface area (Å²) >= 11 is 0. The number of anilines is 1. The highest BCUT2D eigenvalue weighted by Crippen LogP contribution is 2.35. The molecule has 36 heavy (non-hydrogen) atoms. The molecule has 3 heterocycles. The van der Waals surface area contributed by atoms with E-state index in [1.54, 1.807) is 5.57 Å². The van der Waals surface area contributed by atoms with E-state index in [0.29, 0.717) is 23.4 Å². The number of rotatable bonds is 8. The predicted octanol–water partition coefficient (Wildman–Crippen LogP) is 6.62. The normalized spacial score (nSPS) is 19.1. The van der Waals surface area contributed by atoms with E-state index in [0.717, 1.165) is 55.1 Å². The topological polar surface area (TPSA) is 92.3 Å². The lowest BCUT2D eigenvalue weighted by molar-refractivity contribution is 0.285. The zero-order valence-electron chi connectivity index (χ0n) is 22.0. The van der Waals surface area contributed by atoms with Crippen LogP contribution in [0.2, 0.25) is 0 Å². The Morgan fingerprint density at radius 3 is 2.64 bits per heavy atom. The average Bonchev–Trinajstić information content (AvgIpc) is 3.21. The number of fused-ring (bicyclic) bond motifs is 1. The van der Waals surface area contributed by atoms with Crippen molar-refractivity contribution in [1.82, 2.24) is 24.5 Å². The van der Waals surface area contributed by atoms with Gasteiger partial charge in [0.2, 0.25) is 5.82 Å². The summed E-state index contributed by atoms with van der Waals surface area (Å²) in [4.78, 5) is 18.9. The Hall–Kier alpha value is -3.27. The SMILES string of the molecule is CCC1=CCC(Cn2c(-c3cc(C(C)C)ccn3)nc3nc(C#N)nc(N[C@H](C)C4CCC4)c32)CC1. The lowest BCUT2D eigenvalue weighted by Crippen LogP contribution is -2.31. The fourth-order valence-electron chi connectivity index (χ4n) is 5.45. The van der Waals surface area contributed by atoms with E-state index in [4.69, 9.17) is 9.97 Å². The van der Waals surface area contributed by atoms with Crippen molar-refractivity contribution in [2.45, 2.75) is 91.1 Å². The number of allylic oxidation sites excluding steroid dienone is 2. The molecule has 0 amide bonds. The number of hydrogen-bond donors (Lipinski definition) is 1. The van der Waals surface area contributed by atoms with Gasteiger partial charge in [-0.15, -0.1) is 0 Å². The summed E-state index contributed by atoms with van der Waals surface area (Å²) < 4.78 is 2.27. The fraction of sp³-hybridized carbons (Fsp3) is 0.552. The number of hydrogen-bond acceptors (Lipinski definition) is 6. The van der Waals surface area contributed by atoms with Crippen molar-refractivity contribution in [3.8, 4) is 17.6 Å². The zero-order chi connectivity index (χ0) is 25.2. The number of nitrogens with zero attached hydrogens (tertiary/aromatic N) is 6. The maximum absolute atomic E-state index is 9.67. The van der Waals surface area contributed by atoms with Crippen LogP contribution in [0.5, 0.6) is 0 Å². The Morgan fingerprint density at radius 1 is 1.17 bits per heavy atom. The maximum Gasteiger partial charge on any atom is 0.236 e. The smallest absolute Gasteiger partial charge is 0.236 e. The standard InChI is InChI=1S/C29H37N7/c1-5-20-9-11-21(12-10-20)17-36-26-27(32-19(4)22-7-6-8-22)33-25(16-30)34-28(26)35-29(36)24-15-23(18(2)3)13-14-31-24/h9,13-15,18-19,21-22H,5-8,10-12,17H2,1-4H3,(H,32,33,34)/t19-,21?/m1/s1. The fourth-order valence-corrected chi connectivity index (χ4v) is 5.45. The zero-order valence-corrected chi connectivity index (χ0v) is 22.0. The molecule has 3 aromatic heterocycles. The van der Waals surface area contributed by atoms with Gasteiger partial charge >= 0.3 is 0 Å². The third-order valence-corrected chi connectivity index (χ3v) is 8.11. The average molecular weight is 484 g/mol. The Labute approximate surface area is 214 Å². The van der Waals surface area contributed by atoms with Crippen LogP contribution in [0.4, 0.5) is 5.82 Å². The van der Waals surface area contributed by atoms with Crippen molar-refractivity contribution in [2.75, 3.05) is 5.32 Å². The summed E-state index contributed by atoms with van der Waals surface area (Å²) in [6, 6.07) is 6.63. The molecule has 7 nitrogen and oxygen atoms in total. The lowest BCUT2D eigenvalue weighted by atomic mass is 9.80. The van der Waals surface area contributed by atoms with Crippen LogP contribution in [0.15, 0.2) is 30.0 Å². The summed E-state index contributed by atoms with van der Waals surface area (Å²) in [6.45, 7) is 9.67. The Bertz CT molecular complexity index is 1310. The Balaban J connectivity index is 1.63. The summed E-state index contributed by atoms with van der Waals surface area (Å²) in [5, 5.41) is 13.3. The first-order chi connectivity index (χ1) is 17.5. The first kappa shape index (κ1) is 24.4. The molecular formula is C29H37N7. The van der Waals surface area contributed by atoms with Gasteiger partial charge in [-0.05, 0) is 80.9 Å². The minimum Gasteiger partial charge on any atom is -0.365 e. The van der Waals surface area contributed by atoms with Crippen LogP contribution in [-0.4, -0.2) is 30.5 Å². The molecule has 2 aliphatic rings. The lowest BCUT2D eigenvalue weighted by Gasteiger charge is -2.32. The van der Waals surface area contributed by atoms with Gasteiger partial charge in [-0.2, -0.15) is 15.2 Å². The molecule has 188 valence electrons. The third kappa shape index (κ3) is 4.86. The highest BCUT2D eigenvalue weighted by atomic mass is 15.2. The van der Waals surface area contributed by atoms with E-state index in [2.05, 4.69) is 71.8 Å². The molecule has 0 radical (unpaired) electrons. The molecule has 0 bridgehead atoms. The molecule has 7 heteroatoms. The predicted molar refractivity (Wildman–Crippen MR) is 143 cm³/mol. The number of imidazole rings is 1. The van der Waals surface area contributed by atoms with Crippen LogP contribution >= 0.6 is 0 Å². The number of nitrogens with one attached hydrogen (secondary N) is 1. The monoisotopic (exact) mass is 483 g/mol. The molecule has 1 saturated carbocycles. The molecule has 5 rings (SSSR count). The molecular weight excluding hydrogens is 446 g/mol. The quantitative estimate of drug-likeness (QED) is 0.362. The van der Waals surface area contributed by atoms with E-state index >= 15 is 0 Å². The van der Waals surface area contributed by atoms with Gasteiger partial charge in [-0.3, -0.25) is 4.98 Å². The van der Waals surface area contributed by atoms with Crippen molar-refractivity contribution < 1.29 is 0 Å². The first-order valence-corrected chi connectivity index (χ1v) is 13.6. The van der Waals surface area contributed by atoms with Gasteiger partial charge in [0.15, 0.2) is 17.3 Å². The van der Waals surface area contributed by atoms with Gasteiger partial charge in [-0.25, -0.2) is 4.98 Å². The minimum atomic E-state index is 0.152. The van der Waals surface area contributed by atoms with Crippen LogP contribution in [0.25, 0.3) is 22.7 Å². The van der Waals surface area contributed by atoms with Crippen molar-refractivity contribution in [2.24, 2.45) is 11.8 Å². The third-order valence-electron chi connectivity index (χ3n) is 8.11. The molecule has 1 fully saturated rings. The van der Waals surface area contributed by atoms with Crippen molar-refractivity contribution in [3.63, 3.8) is 0 Å². The van der Waals surface area contributed by atoms with Gasteiger partial charge in [-0.1, -0.05) is 38.8 Å². The van der Waals surface area contributed by atoms with E-state index in [1.807, 2.05) is 6.20 Å². The van der Waals surface area contributed by atoms with Crippen molar-refractivity contribution >= 4 is 17.0 Å². The van der Waals surface area contributed by atoms with Crippen molar-refractivity contribution in [3.05, 3.63) is 41.4 Å². The van der Waals surface area contributed by atoms with E-state index in [-0.39, 0.29) is 11.9 Å². The molecule has 2 aliphatic carbocycles. The van der Waals surface area contributed by atoms with E-state index in [1.165, 1.54) is 24.8 Å². The van der Waals surface area contributed by atoms with Crippen molar-refractivity contribution in [1.29, 1.82) is 5.26 Å². The highest BCUT2D eigenvalue weighted by molar-refractivity contribution is 5.87. The van der Waals surface area contributed by atoms with Gasteiger partial charge in [0.25, 0.3) is 0 Å². The molecule has 1 unspecified atom stereocenters. The molecule has 1 N–H and O–H groups in total. The molecule has 0 aliphatic heterocycles. The van der Waals surface area contributed by atoms with Crippen LogP contribution in [0.3, 0.4) is 0 Å². The maximum atomic E-state index is 9.67. The first-order valence-electron chi connectivity index (χ1n) is 13.6. The highest BCUT2D eigenvalue weighted by Gasteiger charge is 2.28. The van der Waals surface area contributed by atoms with Crippen LogP contribution in [0.1, 0.15) is 89.9 Å². The molecule has 3 aromatic rings. The second kappa shape index (κ2) is 10.4. The molecule has 0 spiro atoms. The largest absolute Gasteiger partial charge is 0.365 e. The van der Waals surface area contributed by atoms with E-state index in [9.17, 15) is 5.26 Å². The van der Waals surface area contributed by atoms with Gasteiger partial charge in [0.05, 0.1) is 0 Å². The van der Waals surface area contributed by atoms with Gasteiger partial charge in [0.1, 0.15) is 17.3 Å². The summed E-state index contributed by atoms with van der Waals surface area (Å²) in [6.07, 6.45) is 12.6. The number of pyridine rings is 1. The van der Waals surface area contributed by atoms with Gasteiger partial charge < -0.3 is 9.88 Å². The summed E-state index contributed by atoms with van der Waals surface area (Å²) in [7, 11) is 0. The molecule has 0 aromatic carbocycles. The molecule has 2 atom stereocenters. The second-order valence-corrected chi connectivity index (χ2v) is 10.8. The van der Waals surface area contributed by atoms with E-state index < -0.39 is 0 Å². The summed E-state index contributed by atoms with van der Waals surface area (Å²) in [5.74, 6) is 3.22. The summed E-state index contributed by atoms with van der Waals surface area (Å²) in [5.41, 5.74) is 5.09. The Kier molecular flexibility index (Phi) is 7.04. The van der Waals surface area contributed by atoms with Crippen LogP contribution in [0, 0.1) is 23.2 Å². The number of nitriles is 1.